The molecule has 0 saturated heterocycles. The van der Waals surface area contributed by atoms with Crippen LogP contribution in [0.4, 0.5) is 0 Å². The van der Waals surface area contributed by atoms with Gasteiger partial charge in [0.25, 0.3) is 0 Å². The number of nitrogens with one attached hydrogen (secondary N) is 2. The first-order valence-corrected chi connectivity index (χ1v) is 8.51. The summed E-state index contributed by atoms with van der Waals surface area (Å²) in [6, 6.07) is 0.593. The van der Waals surface area contributed by atoms with Gasteiger partial charge in [-0.2, -0.15) is 0 Å². The number of halogens is 1. The average Bonchev–Trinajstić information content (AvgIpc) is 3.18. The number of guanidine groups is 1. The predicted octanol–water partition coefficient (Wildman–Crippen LogP) is 2.46. The molecule has 2 rings (SSSR count). The van der Waals surface area contributed by atoms with Crippen LogP contribution in [0.5, 0.6) is 0 Å². The lowest BCUT2D eigenvalue weighted by Gasteiger charge is -2.25. The van der Waals surface area contributed by atoms with E-state index in [0.29, 0.717) is 12.6 Å². The molecule has 2 N–H and O–H groups in total. The van der Waals surface area contributed by atoms with E-state index in [1.165, 1.54) is 17.7 Å². The van der Waals surface area contributed by atoms with E-state index in [9.17, 15) is 0 Å². The Kier molecular flexibility index (Phi) is 8.63. The van der Waals surface area contributed by atoms with Gasteiger partial charge in [0.2, 0.25) is 0 Å². The summed E-state index contributed by atoms with van der Waals surface area (Å²) in [5.74, 6) is 1.73. The third-order valence-electron chi connectivity index (χ3n) is 3.69. The Morgan fingerprint density at radius 3 is 2.68 bits per heavy atom. The van der Waals surface area contributed by atoms with E-state index in [0.717, 1.165) is 30.0 Å². The highest BCUT2D eigenvalue weighted by Gasteiger charge is 2.32. The van der Waals surface area contributed by atoms with Crippen molar-refractivity contribution in [2.75, 3.05) is 27.2 Å². The summed E-state index contributed by atoms with van der Waals surface area (Å²) < 4.78 is 0. The van der Waals surface area contributed by atoms with Gasteiger partial charge in [-0.05, 0) is 46.7 Å². The monoisotopic (exact) mass is 437 g/mol. The number of thiazole rings is 1. The Balaban J connectivity index is 0.00000242. The van der Waals surface area contributed by atoms with Gasteiger partial charge in [0.1, 0.15) is 5.01 Å². The summed E-state index contributed by atoms with van der Waals surface area (Å²) in [4.78, 5) is 12.5. The lowest BCUT2D eigenvalue weighted by Crippen LogP contribution is -2.46. The van der Waals surface area contributed by atoms with E-state index in [4.69, 9.17) is 0 Å². The van der Waals surface area contributed by atoms with Crippen LogP contribution in [-0.4, -0.2) is 49.1 Å². The van der Waals surface area contributed by atoms with Crippen molar-refractivity contribution < 1.29 is 0 Å². The van der Waals surface area contributed by atoms with Gasteiger partial charge in [0, 0.05) is 30.2 Å². The van der Waals surface area contributed by atoms with Crippen LogP contribution in [0.2, 0.25) is 0 Å². The van der Waals surface area contributed by atoms with Gasteiger partial charge >= 0.3 is 0 Å². The molecule has 22 heavy (non-hydrogen) atoms. The van der Waals surface area contributed by atoms with Crippen LogP contribution in [0.1, 0.15) is 29.7 Å². The van der Waals surface area contributed by atoms with Gasteiger partial charge in [-0.25, -0.2) is 9.98 Å². The molecule has 7 heteroatoms. The first kappa shape index (κ1) is 19.6. The second-order valence-corrected chi connectivity index (χ2v) is 7.13. The Labute approximate surface area is 155 Å². The average molecular weight is 437 g/mol. The van der Waals surface area contributed by atoms with Crippen LogP contribution >= 0.6 is 35.3 Å². The number of aromatic nitrogens is 1. The van der Waals surface area contributed by atoms with Crippen molar-refractivity contribution >= 4 is 41.3 Å². The van der Waals surface area contributed by atoms with Crippen LogP contribution in [0, 0.1) is 12.8 Å². The normalized spacial score (nSPS) is 16.3. The molecule has 0 bridgehead atoms. The molecule has 1 heterocycles. The molecule has 0 radical (unpaired) electrons. The smallest absolute Gasteiger partial charge is 0.191 e. The fraction of sp³-hybridized carbons (Fsp3) is 0.733. The number of hydrogen-bond donors (Lipinski definition) is 2. The minimum atomic E-state index is 0. The Hall–Kier alpha value is -0.410. The molecule has 0 spiro atoms. The zero-order chi connectivity index (χ0) is 15.2. The number of aryl methyl sites for hydroxylation is 1. The fourth-order valence-electron chi connectivity index (χ4n) is 2.42. The molecule has 0 amide bonds. The highest BCUT2D eigenvalue weighted by Crippen LogP contribution is 2.34. The van der Waals surface area contributed by atoms with Crippen molar-refractivity contribution in [3.05, 3.63) is 16.1 Å². The second kappa shape index (κ2) is 9.67. The number of nitrogens with zero attached hydrogens (tertiary/aromatic N) is 3. The van der Waals surface area contributed by atoms with E-state index < -0.39 is 0 Å². The molecule has 0 aliphatic heterocycles. The van der Waals surface area contributed by atoms with Crippen LogP contribution in [0.25, 0.3) is 0 Å². The van der Waals surface area contributed by atoms with Gasteiger partial charge in [-0.15, -0.1) is 35.3 Å². The quantitative estimate of drug-likeness (QED) is 0.391. The first-order valence-electron chi connectivity index (χ1n) is 7.70. The summed E-state index contributed by atoms with van der Waals surface area (Å²) >= 11 is 1.71. The zero-order valence-electron chi connectivity index (χ0n) is 13.9. The third kappa shape index (κ3) is 6.37. The molecule has 1 atom stereocenters. The van der Waals surface area contributed by atoms with Gasteiger partial charge in [-0.3, -0.25) is 0 Å². The summed E-state index contributed by atoms with van der Waals surface area (Å²) in [6.45, 7) is 6.63. The van der Waals surface area contributed by atoms with Crippen LogP contribution in [-0.2, 0) is 6.54 Å². The van der Waals surface area contributed by atoms with Crippen molar-refractivity contribution in [1.82, 2.24) is 20.5 Å². The first-order chi connectivity index (χ1) is 10.1. The maximum atomic E-state index is 4.63. The van der Waals surface area contributed by atoms with E-state index in [-0.39, 0.29) is 24.0 Å². The molecular formula is C15H28IN5S. The minimum Gasteiger partial charge on any atom is -0.357 e. The molecule has 1 unspecified atom stereocenters. The maximum Gasteiger partial charge on any atom is 0.191 e. The Morgan fingerprint density at radius 1 is 1.45 bits per heavy atom. The van der Waals surface area contributed by atoms with Crippen LogP contribution in [0.3, 0.4) is 0 Å². The van der Waals surface area contributed by atoms with Crippen LogP contribution in [0.15, 0.2) is 11.2 Å². The zero-order valence-corrected chi connectivity index (χ0v) is 17.1. The summed E-state index contributed by atoms with van der Waals surface area (Å²) in [6.07, 6.45) is 4.62. The highest BCUT2D eigenvalue weighted by atomic mass is 127. The molecule has 1 aromatic heterocycles. The third-order valence-corrected chi connectivity index (χ3v) is 4.59. The summed E-state index contributed by atoms with van der Waals surface area (Å²) in [5.41, 5.74) is 0. The van der Waals surface area contributed by atoms with E-state index in [2.05, 4.69) is 53.5 Å². The van der Waals surface area contributed by atoms with Crippen molar-refractivity contribution in [1.29, 1.82) is 0 Å². The van der Waals surface area contributed by atoms with Crippen molar-refractivity contribution in [2.24, 2.45) is 10.9 Å². The second-order valence-electron chi connectivity index (χ2n) is 5.81. The molecule has 126 valence electrons. The fourth-order valence-corrected chi connectivity index (χ4v) is 3.13. The van der Waals surface area contributed by atoms with E-state index in [1.54, 1.807) is 11.3 Å². The van der Waals surface area contributed by atoms with Crippen molar-refractivity contribution in [3.8, 4) is 0 Å². The largest absolute Gasteiger partial charge is 0.357 e. The molecule has 1 saturated carbocycles. The number of aliphatic imine (C=N–C) groups is 1. The molecule has 1 aromatic rings. The molecule has 5 nitrogen and oxygen atoms in total. The van der Waals surface area contributed by atoms with Gasteiger partial charge in [0.15, 0.2) is 5.96 Å². The molecule has 1 aliphatic rings. The summed E-state index contributed by atoms with van der Waals surface area (Å²) in [7, 11) is 4.32. The Bertz CT molecular complexity index is 468. The lowest BCUT2D eigenvalue weighted by molar-refractivity contribution is 0.264. The van der Waals surface area contributed by atoms with Crippen LogP contribution < -0.4 is 10.6 Å². The Morgan fingerprint density at radius 2 is 2.18 bits per heavy atom. The molecular weight excluding hydrogens is 409 g/mol. The van der Waals surface area contributed by atoms with Gasteiger partial charge in [0.05, 0.1) is 6.54 Å². The lowest BCUT2D eigenvalue weighted by atomic mass is 10.1. The summed E-state index contributed by atoms with van der Waals surface area (Å²) in [5, 5.41) is 7.85. The molecule has 1 aliphatic carbocycles. The number of likely N-dealkylation sites (N-methyl/N-ethyl adjacent to an activating group) is 1. The molecule has 0 aromatic carbocycles. The topological polar surface area (TPSA) is 52.6 Å². The molecule has 1 fully saturated rings. The van der Waals surface area contributed by atoms with Crippen molar-refractivity contribution in [2.45, 2.75) is 39.3 Å². The van der Waals surface area contributed by atoms with Crippen molar-refractivity contribution in [3.63, 3.8) is 0 Å². The van der Waals surface area contributed by atoms with E-state index >= 15 is 0 Å². The van der Waals surface area contributed by atoms with Gasteiger partial charge < -0.3 is 15.5 Å². The minimum absolute atomic E-state index is 0. The van der Waals surface area contributed by atoms with E-state index in [1.807, 2.05) is 6.20 Å². The number of hydrogen-bond acceptors (Lipinski definition) is 4. The number of rotatable bonds is 7. The SMILES string of the molecule is CCNC(=NCc1ncc(C)s1)NCC(C1CC1)N(C)C.I. The van der Waals surface area contributed by atoms with Gasteiger partial charge in [-0.1, -0.05) is 0 Å². The standard InChI is InChI=1S/C15H27N5S.HI/c1-5-16-15(19-10-14-17-8-11(2)21-14)18-9-13(20(3)4)12-6-7-12;/h8,12-13H,5-7,9-10H2,1-4H3,(H2,16,18,19);1H. The highest BCUT2D eigenvalue weighted by molar-refractivity contribution is 14.0. The predicted molar refractivity (Wildman–Crippen MR) is 105 cm³/mol. The maximum absolute atomic E-state index is 4.63.